The second-order valence-electron chi connectivity index (χ2n) is 6.18. The van der Waals surface area contributed by atoms with Crippen LogP contribution in [0.25, 0.3) is 0 Å². The van der Waals surface area contributed by atoms with Gasteiger partial charge in [-0.05, 0) is 42.7 Å². The molecule has 0 unspecified atom stereocenters. The molecule has 0 spiro atoms. The largest absolute Gasteiger partial charge is 0.457 e. The average Bonchev–Trinajstić information content (AvgIpc) is 2.66. The van der Waals surface area contributed by atoms with Crippen molar-refractivity contribution in [2.45, 2.75) is 38.1 Å². The van der Waals surface area contributed by atoms with E-state index in [1.165, 1.54) is 0 Å². The van der Waals surface area contributed by atoms with Crippen molar-refractivity contribution in [2.75, 3.05) is 5.88 Å². The second-order valence-corrected chi connectivity index (χ2v) is 6.56. The van der Waals surface area contributed by atoms with Crippen molar-refractivity contribution in [3.8, 4) is 11.5 Å². The minimum atomic E-state index is -0.580. The van der Waals surface area contributed by atoms with Crippen LogP contribution in [0.4, 0.5) is 0 Å². The predicted molar refractivity (Wildman–Crippen MR) is 104 cm³/mol. The molecule has 0 bridgehead atoms. The summed E-state index contributed by atoms with van der Waals surface area (Å²) in [6.45, 7) is 0. The van der Waals surface area contributed by atoms with E-state index in [0.29, 0.717) is 38.0 Å². The summed E-state index contributed by atoms with van der Waals surface area (Å²) >= 11 is 5.57. The highest BCUT2D eigenvalue weighted by Crippen LogP contribution is 2.21. The smallest absolute Gasteiger partial charge is 0.149 e. The van der Waals surface area contributed by atoms with Crippen LogP contribution in [0.2, 0.25) is 0 Å². The molecule has 0 aliphatic heterocycles. The van der Waals surface area contributed by atoms with Gasteiger partial charge >= 0.3 is 0 Å². The number of carbonyl (C=O) groups excluding carboxylic acids is 2. The highest BCUT2D eigenvalue weighted by atomic mass is 35.5. The number of nitrogens with two attached hydrogens (primary N) is 1. The van der Waals surface area contributed by atoms with Crippen LogP contribution in [0.5, 0.6) is 11.5 Å². The monoisotopic (exact) mass is 373 g/mol. The van der Waals surface area contributed by atoms with Gasteiger partial charge in [0, 0.05) is 25.1 Å². The number of halogens is 1. The Morgan fingerprint density at radius 3 is 2.27 bits per heavy atom. The summed E-state index contributed by atoms with van der Waals surface area (Å²) in [6, 6.07) is 16.4. The number of ether oxygens (including phenoxy) is 1. The van der Waals surface area contributed by atoms with E-state index in [0.717, 1.165) is 17.1 Å². The fraction of sp³-hybridized carbons (Fsp3) is 0.333. The van der Waals surface area contributed by atoms with E-state index in [4.69, 9.17) is 22.1 Å². The molecule has 0 aliphatic rings. The van der Waals surface area contributed by atoms with Gasteiger partial charge in [-0.3, -0.25) is 9.59 Å². The molecule has 5 heteroatoms. The number of ketones is 2. The van der Waals surface area contributed by atoms with Gasteiger partial charge in [-0.15, -0.1) is 11.6 Å². The molecule has 0 aromatic heterocycles. The van der Waals surface area contributed by atoms with Gasteiger partial charge in [0.15, 0.2) is 0 Å². The molecule has 26 heavy (non-hydrogen) atoms. The molecule has 0 radical (unpaired) electrons. The molecule has 4 nitrogen and oxygen atoms in total. The van der Waals surface area contributed by atoms with Crippen LogP contribution in [0.15, 0.2) is 54.6 Å². The van der Waals surface area contributed by atoms with Crippen LogP contribution < -0.4 is 10.5 Å². The molecular formula is C21H24ClNO3. The second kappa shape index (κ2) is 10.7. The Hall–Kier alpha value is -2.17. The van der Waals surface area contributed by atoms with Crippen LogP contribution >= 0.6 is 11.6 Å². The van der Waals surface area contributed by atoms with E-state index in [1.807, 2.05) is 54.6 Å². The molecular weight excluding hydrogens is 350 g/mol. The first kappa shape index (κ1) is 20.1. The third-order valence-electron chi connectivity index (χ3n) is 4.01. The van der Waals surface area contributed by atoms with Gasteiger partial charge < -0.3 is 10.5 Å². The summed E-state index contributed by atoms with van der Waals surface area (Å²) in [7, 11) is 0. The number of benzene rings is 2. The molecule has 2 aromatic carbocycles. The molecule has 138 valence electrons. The Morgan fingerprint density at radius 1 is 0.962 bits per heavy atom. The number of Topliss-reactive ketones (excluding diaryl/α,β-unsaturated/α-hetero) is 2. The first-order valence-corrected chi connectivity index (χ1v) is 9.29. The molecule has 1 atom stereocenters. The van der Waals surface area contributed by atoms with Crippen LogP contribution in [0, 0.1) is 0 Å². The van der Waals surface area contributed by atoms with E-state index in [-0.39, 0.29) is 11.6 Å². The molecule has 2 N–H and O–H groups in total. The molecule has 0 aliphatic carbocycles. The zero-order chi connectivity index (χ0) is 18.8. The van der Waals surface area contributed by atoms with Gasteiger partial charge in [-0.25, -0.2) is 0 Å². The van der Waals surface area contributed by atoms with Gasteiger partial charge in [0.25, 0.3) is 0 Å². The zero-order valence-corrected chi connectivity index (χ0v) is 15.5. The highest BCUT2D eigenvalue weighted by molar-refractivity contribution is 6.17. The third-order valence-corrected chi connectivity index (χ3v) is 4.28. The van der Waals surface area contributed by atoms with Gasteiger partial charge in [0.05, 0.1) is 6.04 Å². The summed E-state index contributed by atoms with van der Waals surface area (Å²) in [5.41, 5.74) is 6.75. The van der Waals surface area contributed by atoms with Crippen LogP contribution in [-0.4, -0.2) is 23.5 Å². The Bertz CT molecular complexity index is 701. The standard InChI is InChI=1S/C21H24ClNO3/c22-14-4-7-21(25)20(23)13-10-17(24)15-16-8-11-19(12-9-16)26-18-5-2-1-3-6-18/h1-3,5-6,8-9,11-12,20H,4,7,10,13-15,23H2/t20-/m1/s1. The lowest BCUT2D eigenvalue weighted by atomic mass is 10.00. The van der Waals surface area contributed by atoms with Crippen molar-refractivity contribution < 1.29 is 14.3 Å². The molecule has 0 heterocycles. The van der Waals surface area contributed by atoms with Gasteiger partial charge in [-0.2, -0.15) is 0 Å². The summed E-state index contributed by atoms with van der Waals surface area (Å²) < 4.78 is 5.73. The Kier molecular flexibility index (Phi) is 8.32. The minimum Gasteiger partial charge on any atom is -0.457 e. The number of carbonyl (C=O) groups is 2. The van der Waals surface area contributed by atoms with E-state index in [9.17, 15) is 9.59 Å². The van der Waals surface area contributed by atoms with Crippen molar-refractivity contribution in [3.63, 3.8) is 0 Å². The maximum absolute atomic E-state index is 12.1. The number of alkyl halides is 1. The van der Waals surface area contributed by atoms with Gasteiger partial charge in [-0.1, -0.05) is 30.3 Å². The Labute approximate surface area is 159 Å². The number of rotatable bonds is 11. The fourth-order valence-electron chi connectivity index (χ4n) is 2.52. The van der Waals surface area contributed by atoms with Crippen molar-refractivity contribution in [1.29, 1.82) is 0 Å². The van der Waals surface area contributed by atoms with Crippen molar-refractivity contribution in [3.05, 3.63) is 60.2 Å². The van der Waals surface area contributed by atoms with E-state index in [1.54, 1.807) is 0 Å². The normalized spacial score (nSPS) is 11.8. The highest BCUT2D eigenvalue weighted by Gasteiger charge is 2.15. The SMILES string of the molecule is N[C@H](CCC(=O)Cc1ccc(Oc2ccccc2)cc1)C(=O)CCCCl. The Balaban J connectivity index is 1.77. The lowest BCUT2D eigenvalue weighted by Gasteiger charge is -2.10. The van der Waals surface area contributed by atoms with Crippen molar-refractivity contribution in [1.82, 2.24) is 0 Å². The Morgan fingerprint density at radius 2 is 1.62 bits per heavy atom. The lowest BCUT2D eigenvalue weighted by molar-refractivity contribution is -0.121. The molecule has 0 saturated carbocycles. The van der Waals surface area contributed by atoms with Gasteiger partial charge in [0.2, 0.25) is 0 Å². The zero-order valence-electron chi connectivity index (χ0n) is 14.7. The summed E-state index contributed by atoms with van der Waals surface area (Å²) in [6.07, 6.45) is 2.01. The van der Waals surface area contributed by atoms with Crippen molar-refractivity contribution in [2.24, 2.45) is 5.73 Å². The summed E-state index contributed by atoms with van der Waals surface area (Å²) in [5.74, 6) is 1.98. The maximum atomic E-state index is 12.1. The average molecular weight is 374 g/mol. The molecule has 0 saturated heterocycles. The molecule has 0 amide bonds. The number of hydrogen-bond acceptors (Lipinski definition) is 4. The first-order chi connectivity index (χ1) is 12.6. The van der Waals surface area contributed by atoms with E-state index in [2.05, 4.69) is 0 Å². The molecule has 0 fully saturated rings. The summed E-state index contributed by atoms with van der Waals surface area (Å²) in [4.78, 5) is 23.9. The van der Waals surface area contributed by atoms with Crippen LogP contribution in [0.1, 0.15) is 31.2 Å². The van der Waals surface area contributed by atoms with Crippen LogP contribution in [-0.2, 0) is 16.0 Å². The van der Waals surface area contributed by atoms with E-state index < -0.39 is 6.04 Å². The summed E-state index contributed by atoms with van der Waals surface area (Å²) in [5, 5.41) is 0. The van der Waals surface area contributed by atoms with Crippen LogP contribution in [0.3, 0.4) is 0 Å². The number of para-hydroxylation sites is 1. The van der Waals surface area contributed by atoms with Gasteiger partial charge in [0.1, 0.15) is 23.1 Å². The number of hydrogen-bond donors (Lipinski definition) is 1. The first-order valence-electron chi connectivity index (χ1n) is 8.76. The predicted octanol–water partition coefficient (Wildman–Crippen LogP) is 4.29. The molecule has 2 aromatic rings. The lowest BCUT2D eigenvalue weighted by Crippen LogP contribution is -2.31. The van der Waals surface area contributed by atoms with Crippen molar-refractivity contribution >= 4 is 23.2 Å². The topological polar surface area (TPSA) is 69.4 Å². The van der Waals surface area contributed by atoms with E-state index >= 15 is 0 Å². The minimum absolute atomic E-state index is 0.0270. The quantitative estimate of drug-likeness (QED) is 0.596. The molecule has 2 rings (SSSR count). The third kappa shape index (κ3) is 6.98. The maximum Gasteiger partial charge on any atom is 0.149 e. The fourth-order valence-corrected chi connectivity index (χ4v) is 2.65.